The van der Waals surface area contributed by atoms with Crippen LogP contribution in [0.25, 0.3) is 55.7 Å². The Morgan fingerprint density at radius 3 is 1.93 bits per heavy atom. The van der Waals surface area contributed by atoms with E-state index in [1.165, 1.54) is 5.56 Å². The predicted molar refractivity (Wildman–Crippen MR) is 282 cm³/mol. The van der Waals surface area contributed by atoms with Gasteiger partial charge in [0.1, 0.15) is 23.5 Å². The maximum Gasteiger partial charge on any atom is 0.250 e. The van der Waals surface area contributed by atoms with Crippen molar-refractivity contribution in [3.8, 4) is 56.4 Å². The molecule has 8 heteroatoms. The SMILES string of the molecule is C=CC1C[N+]2(Cc3cc(-c4ccccc4)c(O[Si](C)(C)C(C)(C)C)c(-c4ccccc4)c3)CCC1CC2[C@@H](Oc1nc(-c2ccccc2)nc(Cl)c1-c1ccccc1)c1ccnc2ccccc12. The summed E-state index contributed by atoms with van der Waals surface area (Å²) in [6.45, 7) is 18.8. The van der Waals surface area contributed by atoms with Crippen LogP contribution in [0.5, 0.6) is 11.6 Å². The van der Waals surface area contributed by atoms with Gasteiger partial charge >= 0.3 is 0 Å². The van der Waals surface area contributed by atoms with Crippen LogP contribution in [0.3, 0.4) is 0 Å². The first-order valence-electron chi connectivity index (χ1n) is 24.1. The molecule has 0 radical (unpaired) electrons. The highest BCUT2D eigenvalue weighted by Gasteiger charge is 2.55. The quantitative estimate of drug-likeness (QED) is 0.0499. The third kappa shape index (κ3) is 8.79. The monoisotopic (exact) mass is 931 g/mol. The number of halogens is 1. The number of benzene rings is 6. The second-order valence-electron chi connectivity index (χ2n) is 20.4. The number of nitrogens with zero attached hydrogens (tertiary/aromatic N) is 4. The maximum absolute atomic E-state index is 7.73. The Bertz CT molecular complexity index is 3010. The first-order chi connectivity index (χ1) is 32.9. The van der Waals surface area contributed by atoms with Crippen LogP contribution in [-0.2, 0) is 6.54 Å². The molecule has 68 heavy (non-hydrogen) atoms. The van der Waals surface area contributed by atoms with Crippen molar-refractivity contribution in [2.24, 2.45) is 11.8 Å². The summed E-state index contributed by atoms with van der Waals surface area (Å²) < 4.78 is 16.0. The molecule has 0 spiro atoms. The summed E-state index contributed by atoms with van der Waals surface area (Å²) in [5, 5.41) is 1.41. The number of quaternary nitrogens is 1. The first kappa shape index (κ1) is 45.4. The summed E-state index contributed by atoms with van der Waals surface area (Å²) in [7, 11) is -2.30. The lowest BCUT2D eigenvalue weighted by atomic mass is 9.71. The maximum atomic E-state index is 7.73. The minimum atomic E-state index is -2.30. The zero-order chi connectivity index (χ0) is 47.0. The molecule has 0 amide bonds. The van der Waals surface area contributed by atoms with Gasteiger partial charge in [0, 0.05) is 58.2 Å². The van der Waals surface area contributed by atoms with Gasteiger partial charge in [0.2, 0.25) is 5.88 Å². The number of hydrogen-bond acceptors (Lipinski definition) is 5. The van der Waals surface area contributed by atoms with Gasteiger partial charge in [-0.25, -0.2) is 4.98 Å². The Morgan fingerprint density at radius 2 is 1.32 bits per heavy atom. The van der Waals surface area contributed by atoms with E-state index in [-0.39, 0.29) is 11.1 Å². The number of aromatic nitrogens is 3. The van der Waals surface area contributed by atoms with Crippen molar-refractivity contribution in [2.75, 3.05) is 13.1 Å². The fourth-order valence-corrected chi connectivity index (χ4v) is 11.9. The van der Waals surface area contributed by atoms with E-state index in [0.29, 0.717) is 34.3 Å². The Kier molecular flexibility index (Phi) is 12.4. The molecule has 3 saturated heterocycles. The third-order valence-electron chi connectivity index (χ3n) is 15.2. The third-order valence-corrected chi connectivity index (χ3v) is 19.8. The second kappa shape index (κ2) is 18.6. The van der Waals surface area contributed by atoms with Gasteiger partial charge in [-0.05, 0) is 65.0 Å². The van der Waals surface area contributed by atoms with Crippen molar-refractivity contribution < 1.29 is 13.6 Å². The lowest BCUT2D eigenvalue weighted by Crippen LogP contribution is -2.68. The molecule has 11 rings (SSSR count). The van der Waals surface area contributed by atoms with Crippen LogP contribution >= 0.6 is 11.6 Å². The Hall–Kier alpha value is -6.38. The summed E-state index contributed by atoms with van der Waals surface area (Å²) in [6.07, 6.45) is 5.77. The van der Waals surface area contributed by atoms with E-state index in [1.807, 2.05) is 54.7 Å². The minimum absolute atomic E-state index is 0.000619. The molecule has 2 aromatic heterocycles. The summed E-state index contributed by atoms with van der Waals surface area (Å²) in [4.78, 5) is 15.1. The predicted octanol–water partition coefficient (Wildman–Crippen LogP) is 15.5. The number of ether oxygens (including phenoxy) is 1. The molecule has 0 N–H and O–H groups in total. The standard InChI is InChI=1S/C60H60ClN4O2Si/c1-7-42-40-65(39-41-36-50(43-22-12-8-13-23-43)55(67-68(5,6)60(2,3)4)51(37-41)44-24-14-9-15-25-44)35-33-47(42)38-53(65)56(49-32-34-62-52-31-21-20-30-48(49)52)66-59-54(45-26-16-10-17-27-45)57(61)63-58(64-59)46-28-18-11-19-29-46/h7-32,34,36-37,42,47,53,56H,1,33,35,38-40H2,2-6H3/q+1/t42?,47?,53?,56-,65?/m0/s1. The van der Waals surface area contributed by atoms with E-state index in [0.717, 1.165) is 92.6 Å². The number of para-hydroxylation sites is 1. The molecule has 3 aliphatic rings. The van der Waals surface area contributed by atoms with Gasteiger partial charge in [-0.1, -0.05) is 178 Å². The molecular formula is C60H60ClN4O2Si+. The molecule has 6 nitrogen and oxygen atoms in total. The second-order valence-corrected chi connectivity index (χ2v) is 25.4. The van der Waals surface area contributed by atoms with E-state index in [4.69, 9.17) is 35.7 Å². The molecule has 4 unspecified atom stereocenters. The van der Waals surface area contributed by atoms with Gasteiger partial charge in [0.05, 0.1) is 24.2 Å². The van der Waals surface area contributed by atoms with Gasteiger partial charge in [0.25, 0.3) is 8.32 Å². The van der Waals surface area contributed by atoms with E-state index < -0.39 is 14.4 Å². The molecule has 5 atom stereocenters. The van der Waals surface area contributed by atoms with Crippen molar-refractivity contribution in [1.29, 1.82) is 0 Å². The molecule has 0 saturated carbocycles. The fourth-order valence-electron chi connectivity index (χ4n) is 10.6. The average molecular weight is 933 g/mol. The first-order valence-corrected chi connectivity index (χ1v) is 27.3. The topological polar surface area (TPSA) is 57.1 Å². The van der Waals surface area contributed by atoms with Gasteiger partial charge < -0.3 is 13.6 Å². The largest absolute Gasteiger partial charge is 0.543 e. The Balaban J connectivity index is 1.18. The number of hydrogen-bond donors (Lipinski definition) is 0. The van der Waals surface area contributed by atoms with Crippen LogP contribution in [0, 0.1) is 11.8 Å². The zero-order valence-electron chi connectivity index (χ0n) is 39.8. The molecule has 2 bridgehead atoms. The number of fused-ring (bicyclic) bond motifs is 4. The Labute approximate surface area is 408 Å². The molecular weight excluding hydrogens is 872 g/mol. The van der Waals surface area contributed by atoms with Crippen LogP contribution in [-0.4, -0.2) is 46.9 Å². The van der Waals surface area contributed by atoms with Crippen LogP contribution in [0.2, 0.25) is 23.3 Å². The van der Waals surface area contributed by atoms with Gasteiger partial charge in [-0.3, -0.25) is 4.98 Å². The summed E-state index contributed by atoms with van der Waals surface area (Å²) in [5.74, 6) is 2.76. The minimum Gasteiger partial charge on any atom is -0.543 e. The molecule has 3 aliphatic heterocycles. The van der Waals surface area contributed by atoms with E-state index >= 15 is 0 Å². The summed E-state index contributed by atoms with van der Waals surface area (Å²) in [5.41, 5.74) is 10.3. The van der Waals surface area contributed by atoms with Crippen molar-refractivity contribution in [3.63, 3.8) is 0 Å². The number of pyridine rings is 1. The van der Waals surface area contributed by atoms with E-state index in [9.17, 15) is 0 Å². The van der Waals surface area contributed by atoms with Crippen molar-refractivity contribution in [1.82, 2.24) is 15.0 Å². The summed E-state index contributed by atoms with van der Waals surface area (Å²) >= 11 is 7.31. The smallest absolute Gasteiger partial charge is 0.250 e. The van der Waals surface area contributed by atoms with E-state index in [1.54, 1.807) is 0 Å². The molecule has 5 heterocycles. The van der Waals surface area contributed by atoms with Crippen molar-refractivity contribution >= 4 is 30.8 Å². The van der Waals surface area contributed by atoms with Gasteiger partial charge in [0.15, 0.2) is 11.9 Å². The van der Waals surface area contributed by atoms with Gasteiger partial charge in [-0.15, -0.1) is 6.58 Å². The molecule has 3 fully saturated rings. The molecule has 6 aromatic carbocycles. The zero-order valence-corrected chi connectivity index (χ0v) is 41.5. The number of rotatable bonds is 13. The average Bonchev–Trinajstić information content (AvgIpc) is 3.36. The highest BCUT2D eigenvalue weighted by molar-refractivity contribution is 6.74. The van der Waals surface area contributed by atoms with Crippen LogP contribution < -0.4 is 9.16 Å². The van der Waals surface area contributed by atoms with Crippen LogP contribution in [0.1, 0.15) is 50.8 Å². The highest BCUT2D eigenvalue weighted by atomic mass is 35.5. The normalized spacial score (nSPS) is 19.6. The summed E-state index contributed by atoms with van der Waals surface area (Å²) in [6, 6.07) is 57.3. The van der Waals surface area contributed by atoms with Crippen molar-refractivity contribution in [3.05, 3.63) is 199 Å². The Morgan fingerprint density at radius 1 is 0.750 bits per heavy atom. The van der Waals surface area contributed by atoms with Crippen LogP contribution in [0.15, 0.2) is 183 Å². The lowest BCUT2D eigenvalue weighted by Gasteiger charge is -2.58. The lowest BCUT2D eigenvalue weighted by molar-refractivity contribution is -0.984. The number of piperidine rings is 3. The molecule has 342 valence electrons. The fraction of sp³-hybridized carbons (Fsp3) is 0.250. The van der Waals surface area contributed by atoms with Crippen LogP contribution in [0.4, 0.5) is 0 Å². The highest BCUT2D eigenvalue weighted by Crippen LogP contribution is 2.52. The molecule has 8 aromatic rings. The van der Waals surface area contributed by atoms with Crippen molar-refractivity contribution in [2.45, 2.75) is 70.4 Å². The van der Waals surface area contributed by atoms with Gasteiger partial charge in [-0.2, -0.15) is 4.98 Å². The van der Waals surface area contributed by atoms with E-state index in [2.05, 4.69) is 162 Å². The molecule has 0 aliphatic carbocycles.